The molecule has 2 amide bonds. The third kappa shape index (κ3) is 4.48. The van der Waals surface area contributed by atoms with Gasteiger partial charge in [-0.25, -0.2) is 4.98 Å². The number of benzene rings is 2. The summed E-state index contributed by atoms with van der Waals surface area (Å²) in [7, 11) is 0. The Balaban J connectivity index is 1.38. The van der Waals surface area contributed by atoms with Crippen molar-refractivity contribution in [1.29, 1.82) is 0 Å². The number of hydrogen-bond acceptors (Lipinski definition) is 4. The molecule has 0 saturated heterocycles. The number of rotatable bonds is 7. The van der Waals surface area contributed by atoms with Gasteiger partial charge in [-0.2, -0.15) is 0 Å². The van der Waals surface area contributed by atoms with E-state index in [1.165, 1.54) is 0 Å². The van der Waals surface area contributed by atoms with Gasteiger partial charge in [0.05, 0.1) is 24.5 Å². The molecule has 3 aromatic heterocycles. The number of amides is 2. The van der Waals surface area contributed by atoms with Crippen LogP contribution in [0.25, 0.3) is 21.8 Å². The quantitative estimate of drug-likeness (QED) is 0.358. The number of pyridine rings is 1. The summed E-state index contributed by atoms with van der Waals surface area (Å²) in [4.78, 5) is 33.7. The van der Waals surface area contributed by atoms with Crippen LogP contribution in [0.4, 0.5) is 0 Å². The summed E-state index contributed by atoms with van der Waals surface area (Å²) in [5.74, 6) is -0.0624. The second kappa shape index (κ2) is 9.00. The molecular weight excluding hydrogens is 416 g/mol. The summed E-state index contributed by atoms with van der Waals surface area (Å²) >= 11 is 0. The first-order valence-corrected chi connectivity index (χ1v) is 10.7. The minimum atomic E-state index is -0.768. The van der Waals surface area contributed by atoms with Crippen molar-refractivity contribution in [2.24, 2.45) is 0 Å². The predicted molar refractivity (Wildman–Crippen MR) is 126 cm³/mol. The second-order valence-electron chi connectivity index (χ2n) is 7.80. The fourth-order valence-electron chi connectivity index (χ4n) is 3.88. The summed E-state index contributed by atoms with van der Waals surface area (Å²) < 4.78 is 5.29. The van der Waals surface area contributed by atoms with Crippen molar-refractivity contribution >= 4 is 33.6 Å². The number of nitrogens with one attached hydrogen (secondary N) is 3. The zero-order chi connectivity index (χ0) is 22.6. The number of carbonyl (C=O) groups excluding carboxylic acids is 2. The van der Waals surface area contributed by atoms with Crippen molar-refractivity contribution in [1.82, 2.24) is 20.6 Å². The SMILES string of the molecule is O=C(NC(Cc1ccccc1)C(=O)NCc1ccco1)c1cc2c(cn1)[nH]c1ccccc12. The highest BCUT2D eigenvalue weighted by Crippen LogP contribution is 2.25. The molecule has 1 unspecified atom stereocenters. The molecule has 5 aromatic rings. The first-order chi connectivity index (χ1) is 16.2. The molecule has 0 aliphatic heterocycles. The van der Waals surface area contributed by atoms with Crippen LogP contribution in [0.5, 0.6) is 0 Å². The third-order valence-electron chi connectivity index (χ3n) is 5.54. The first-order valence-electron chi connectivity index (χ1n) is 10.7. The number of fused-ring (bicyclic) bond motifs is 3. The maximum absolute atomic E-state index is 13.1. The molecule has 0 saturated carbocycles. The number of aromatic amines is 1. The molecule has 33 heavy (non-hydrogen) atoms. The molecule has 0 radical (unpaired) electrons. The largest absolute Gasteiger partial charge is 0.467 e. The van der Waals surface area contributed by atoms with Crippen LogP contribution in [0, 0.1) is 0 Å². The Morgan fingerprint density at radius 2 is 1.76 bits per heavy atom. The van der Waals surface area contributed by atoms with Gasteiger partial charge < -0.3 is 20.0 Å². The number of carbonyl (C=O) groups is 2. The van der Waals surface area contributed by atoms with E-state index in [9.17, 15) is 9.59 Å². The number of nitrogens with zero attached hydrogens (tertiary/aromatic N) is 1. The van der Waals surface area contributed by atoms with Gasteiger partial charge in [0.15, 0.2) is 0 Å². The van der Waals surface area contributed by atoms with E-state index in [1.54, 1.807) is 30.7 Å². The van der Waals surface area contributed by atoms with Crippen LogP contribution >= 0.6 is 0 Å². The first kappa shape index (κ1) is 20.5. The maximum Gasteiger partial charge on any atom is 0.270 e. The van der Waals surface area contributed by atoms with Crippen LogP contribution in [0.2, 0.25) is 0 Å². The van der Waals surface area contributed by atoms with Gasteiger partial charge in [0.1, 0.15) is 17.5 Å². The highest BCUT2D eigenvalue weighted by Gasteiger charge is 2.23. The topological polar surface area (TPSA) is 100 Å². The molecule has 0 bridgehead atoms. The van der Waals surface area contributed by atoms with Crippen molar-refractivity contribution in [2.75, 3.05) is 0 Å². The van der Waals surface area contributed by atoms with E-state index in [0.29, 0.717) is 12.2 Å². The van der Waals surface area contributed by atoms with Gasteiger partial charge in [0.2, 0.25) is 5.91 Å². The number of hydrogen-bond donors (Lipinski definition) is 3. The Kier molecular flexibility index (Phi) is 5.59. The molecule has 0 aliphatic carbocycles. The lowest BCUT2D eigenvalue weighted by Gasteiger charge is -2.18. The average molecular weight is 438 g/mol. The van der Waals surface area contributed by atoms with E-state index >= 15 is 0 Å². The summed E-state index contributed by atoms with van der Waals surface area (Å²) in [6.45, 7) is 0.243. The highest BCUT2D eigenvalue weighted by atomic mass is 16.3. The zero-order valence-electron chi connectivity index (χ0n) is 17.7. The molecule has 2 aromatic carbocycles. The van der Waals surface area contributed by atoms with Crippen LogP contribution in [-0.4, -0.2) is 27.8 Å². The highest BCUT2D eigenvalue weighted by molar-refractivity contribution is 6.09. The molecule has 0 aliphatic rings. The summed E-state index contributed by atoms with van der Waals surface area (Å²) in [6.07, 6.45) is 3.55. The van der Waals surface area contributed by atoms with Crippen molar-refractivity contribution in [2.45, 2.75) is 19.0 Å². The van der Waals surface area contributed by atoms with Crippen LogP contribution < -0.4 is 10.6 Å². The molecule has 0 fully saturated rings. The van der Waals surface area contributed by atoms with Gasteiger partial charge >= 0.3 is 0 Å². The van der Waals surface area contributed by atoms with E-state index < -0.39 is 11.9 Å². The molecule has 7 nitrogen and oxygen atoms in total. The molecule has 1 atom stereocenters. The summed E-state index contributed by atoms with van der Waals surface area (Å²) in [5, 5.41) is 7.63. The number of H-pyrrole nitrogens is 1. The molecule has 3 N–H and O–H groups in total. The van der Waals surface area contributed by atoms with Crippen LogP contribution in [0.1, 0.15) is 21.8 Å². The Morgan fingerprint density at radius 3 is 2.58 bits per heavy atom. The maximum atomic E-state index is 13.1. The number of para-hydroxylation sites is 1. The van der Waals surface area contributed by atoms with Crippen molar-refractivity contribution in [3.63, 3.8) is 0 Å². The zero-order valence-corrected chi connectivity index (χ0v) is 17.7. The normalized spacial score (nSPS) is 12.0. The van der Waals surface area contributed by atoms with Gasteiger partial charge in [-0.1, -0.05) is 48.5 Å². The van der Waals surface area contributed by atoms with Crippen LogP contribution in [-0.2, 0) is 17.8 Å². The van der Waals surface area contributed by atoms with Gasteiger partial charge in [0.25, 0.3) is 5.91 Å². The third-order valence-corrected chi connectivity index (χ3v) is 5.54. The molecule has 164 valence electrons. The lowest BCUT2D eigenvalue weighted by atomic mass is 10.0. The fourth-order valence-corrected chi connectivity index (χ4v) is 3.88. The minimum Gasteiger partial charge on any atom is -0.467 e. The van der Waals surface area contributed by atoms with Crippen LogP contribution in [0.3, 0.4) is 0 Å². The molecule has 3 heterocycles. The second-order valence-corrected chi connectivity index (χ2v) is 7.80. The Morgan fingerprint density at radius 1 is 0.939 bits per heavy atom. The number of furan rings is 1. The molecule has 0 spiro atoms. The van der Waals surface area contributed by atoms with E-state index in [1.807, 2.05) is 54.6 Å². The van der Waals surface area contributed by atoms with Gasteiger partial charge in [-0.3, -0.25) is 9.59 Å². The monoisotopic (exact) mass is 438 g/mol. The minimum absolute atomic E-state index is 0.243. The van der Waals surface area contributed by atoms with Gasteiger partial charge in [0, 0.05) is 22.7 Å². The smallest absolute Gasteiger partial charge is 0.270 e. The van der Waals surface area contributed by atoms with E-state index in [0.717, 1.165) is 27.4 Å². The molecule has 7 heteroatoms. The standard InChI is InChI=1S/C26H22N4O3/c31-25(28-15-18-9-6-12-33-18)23(13-17-7-2-1-3-8-17)30-26(32)22-14-20-19-10-4-5-11-21(19)29-24(20)16-27-22/h1-12,14,16,23,29H,13,15H2,(H,28,31)(H,30,32). The average Bonchev–Trinajstić information content (AvgIpc) is 3.50. The van der Waals surface area contributed by atoms with Crippen LogP contribution in [0.15, 0.2) is 89.7 Å². The predicted octanol–water partition coefficient (Wildman–Crippen LogP) is 3.97. The lowest BCUT2D eigenvalue weighted by Crippen LogP contribution is -2.48. The van der Waals surface area contributed by atoms with Crippen molar-refractivity contribution in [3.05, 3.63) is 102 Å². The summed E-state index contributed by atoms with van der Waals surface area (Å²) in [5.41, 5.74) is 3.02. The van der Waals surface area contributed by atoms with E-state index in [2.05, 4.69) is 20.6 Å². The Bertz CT molecular complexity index is 1410. The Hall–Kier alpha value is -4.39. The van der Waals surface area contributed by atoms with E-state index in [-0.39, 0.29) is 18.1 Å². The summed E-state index contributed by atoms with van der Waals surface area (Å²) in [6, 6.07) is 22.0. The van der Waals surface area contributed by atoms with Gasteiger partial charge in [-0.05, 0) is 29.8 Å². The van der Waals surface area contributed by atoms with E-state index in [4.69, 9.17) is 4.42 Å². The molecular formula is C26H22N4O3. The van der Waals surface area contributed by atoms with Crippen molar-refractivity contribution < 1.29 is 14.0 Å². The molecule has 5 rings (SSSR count). The fraction of sp³-hybridized carbons (Fsp3) is 0.115. The number of aromatic nitrogens is 2. The lowest BCUT2D eigenvalue weighted by molar-refractivity contribution is -0.123. The van der Waals surface area contributed by atoms with Crippen molar-refractivity contribution in [3.8, 4) is 0 Å². The van der Waals surface area contributed by atoms with Gasteiger partial charge in [-0.15, -0.1) is 0 Å². The Labute approximate surface area is 189 Å².